The van der Waals surface area contributed by atoms with Gasteiger partial charge >= 0.3 is 0 Å². The maximum absolute atomic E-state index is 12.2. The number of benzene rings is 1. The Kier molecular flexibility index (Phi) is 4.94. The number of aryl methyl sites for hydroxylation is 4. The molecule has 0 saturated carbocycles. The Bertz CT molecular complexity index is 891. The fourth-order valence-corrected chi connectivity index (χ4v) is 3.23. The highest BCUT2D eigenvalue weighted by molar-refractivity contribution is 7.99. The van der Waals surface area contributed by atoms with Crippen LogP contribution in [0.5, 0.6) is 0 Å². The van der Waals surface area contributed by atoms with Crippen LogP contribution in [0.25, 0.3) is 11.5 Å². The summed E-state index contributed by atoms with van der Waals surface area (Å²) in [6.07, 6.45) is 1.57. The summed E-state index contributed by atoms with van der Waals surface area (Å²) in [6.45, 7) is 7.84. The van der Waals surface area contributed by atoms with Gasteiger partial charge < -0.3 is 14.2 Å². The van der Waals surface area contributed by atoms with Gasteiger partial charge in [0.05, 0.1) is 17.6 Å². The van der Waals surface area contributed by atoms with Crippen molar-refractivity contribution in [1.82, 2.24) is 10.2 Å². The van der Waals surface area contributed by atoms with Crippen molar-refractivity contribution in [3.8, 4) is 11.5 Å². The number of nitrogens with one attached hydrogen (secondary N) is 1. The van der Waals surface area contributed by atoms with Crippen molar-refractivity contribution in [2.45, 2.75) is 32.9 Å². The van der Waals surface area contributed by atoms with Crippen LogP contribution in [-0.2, 0) is 4.79 Å². The van der Waals surface area contributed by atoms with Gasteiger partial charge in [0.1, 0.15) is 5.76 Å². The summed E-state index contributed by atoms with van der Waals surface area (Å²) in [5.74, 6) is 1.18. The lowest BCUT2D eigenvalue weighted by Gasteiger charge is -2.12. The van der Waals surface area contributed by atoms with Crippen LogP contribution < -0.4 is 5.32 Å². The number of carbonyl (C=O) groups is 1. The molecule has 6 nitrogen and oxygen atoms in total. The zero-order valence-corrected chi connectivity index (χ0v) is 15.4. The first-order chi connectivity index (χ1) is 11.9. The van der Waals surface area contributed by atoms with Gasteiger partial charge in [-0.3, -0.25) is 4.79 Å². The zero-order chi connectivity index (χ0) is 18.0. The van der Waals surface area contributed by atoms with Gasteiger partial charge in [-0.1, -0.05) is 29.5 Å². The number of carbonyl (C=O) groups excluding carboxylic acids is 1. The smallest absolute Gasteiger partial charge is 0.277 e. The average molecular weight is 357 g/mol. The lowest BCUT2D eigenvalue weighted by atomic mass is 10.1. The van der Waals surface area contributed by atoms with E-state index in [1.807, 2.05) is 39.8 Å². The molecule has 0 fully saturated rings. The average Bonchev–Trinajstić information content (AvgIpc) is 3.17. The standard InChI is InChI=1S/C18H19N3O3S/c1-10-7-11(2)16(12(3)8-10)19-15(22)9-25-18-21-20-17(24-18)14-5-6-23-13(14)4/h5-8H,9H2,1-4H3,(H,19,22). The molecule has 2 heterocycles. The first-order valence-electron chi connectivity index (χ1n) is 7.82. The Morgan fingerprint density at radius 3 is 2.52 bits per heavy atom. The molecule has 0 unspecified atom stereocenters. The van der Waals surface area contributed by atoms with Gasteiger partial charge in [-0.2, -0.15) is 0 Å². The molecule has 3 aromatic rings. The molecule has 0 saturated heterocycles. The van der Waals surface area contributed by atoms with E-state index in [0.717, 1.165) is 22.4 Å². The highest BCUT2D eigenvalue weighted by atomic mass is 32.2. The first kappa shape index (κ1) is 17.3. The maximum Gasteiger partial charge on any atom is 0.277 e. The first-order valence-corrected chi connectivity index (χ1v) is 8.81. The number of hydrogen-bond donors (Lipinski definition) is 1. The van der Waals surface area contributed by atoms with E-state index in [1.165, 1.54) is 17.3 Å². The minimum Gasteiger partial charge on any atom is -0.469 e. The van der Waals surface area contributed by atoms with Crippen molar-refractivity contribution in [2.75, 3.05) is 11.1 Å². The van der Waals surface area contributed by atoms with E-state index < -0.39 is 0 Å². The fourth-order valence-electron chi connectivity index (χ4n) is 2.66. The number of rotatable bonds is 5. The molecule has 0 radical (unpaired) electrons. The normalized spacial score (nSPS) is 10.9. The summed E-state index contributed by atoms with van der Waals surface area (Å²) >= 11 is 1.20. The summed E-state index contributed by atoms with van der Waals surface area (Å²) in [7, 11) is 0. The van der Waals surface area contributed by atoms with Gasteiger partial charge in [0.15, 0.2) is 0 Å². The number of anilines is 1. The number of hydrogen-bond acceptors (Lipinski definition) is 6. The molecular formula is C18H19N3O3S. The Labute approximate surface area is 150 Å². The summed E-state index contributed by atoms with van der Waals surface area (Å²) in [5, 5.41) is 11.3. The van der Waals surface area contributed by atoms with E-state index in [4.69, 9.17) is 8.83 Å². The molecule has 0 aliphatic heterocycles. The number of thioether (sulfide) groups is 1. The lowest BCUT2D eigenvalue weighted by molar-refractivity contribution is -0.113. The Morgan fingerprint density at radius 1 is 1.16 bits per heavy atom. The van der Waals surface area contributed by atoms with Crippen molar-refractivity contribution in [2.24, 2.45) is 0 Å². The Balaban J connectivity index is 1.62. The van der Waals surface area contributed by atoms with Crippen molar-refractivity contribution >= 4 is 23.4 Å². The van der Waals surface area contributed by atoms with Crippen LogP contribution in [0.4, 0.5) is 5.69 Å². The second-order valence-corrected chi connectivity index (χ2v) is 6.80. The predicted octanol–water partition coefficient (Wildman–Crippen LogP) is 4.29. The van der Waals surface area contributed by atoms with E-state index in [2.05, 4.69) is 15.5 Å². The topological polar surface area (TPSA) is 81.2 Å². The van der Waals surface area contributed by atoms with Crippen LogP contribution in [0.1, 0.15) is 22.5 Å². The summed E-state index contributed by atoms with van der Waals surface area (Å²) in [5.41, 5.74) is 4.89. The highest BCUT2D eigenvalue weighted by Crippen LogP contribution is 2.27. The molecule has 0 atom stereocenters. The maximum atomic E-state index is 12.2. The number of nitrogens with zero attached hydrogens (tertiary/aromatic N) is 2. The van der Waals surface area contributed by atoms with Gasteiger partial charge in [0.25, 0.3) is 11.1 Å². The van der Waals surface area contributed by atoms with Gasteiger partial charge in [-0.25, -0.2) is 0 Å². The Morgan fingerprint density at radius 2 is 1.88 bits per heavy atom. The lowest BCUT2D eigenvalue weighted by Crippen LogP contribution is -2.15. The molecular weight excluding hydrogens is 338 g/mol. The van der Waals surface area contributed by atoms with Crippen LogP contribution in [-0.4, -0.2) is 21.9 Å². The van der Waals surface area contributed by atoms with E-state index in [9.17, 15) is 4.79 Å². The van der Waals surface area contributed by atoms with E-state index in [0.29, 0.717) is 16.9 Å². The van der Waals surface area contributed by atoms with Crippen molar-refractivity contribution in [3.63, 3.8) is 0 Å². The minimum absolute atomic E-state index is 0.112. The van der Waals surface area contributed by atoms with Crippen molar-refractivity contribution in [1.29, 1.82) is 0 Å². The van der Waals surface area contributed by atoms with Crippen LogP contribution in [0.15, 0.2) is 38.5 Å². The van der Waals surface area contributed by atoms with E-state index >= 15 is 0 Å². The van der Waals surface area contributed by atoms with Crippen LogP contribution in [0, 0.1) is 27.7 Å². The van der Waals surface area contributed by atoms with Crippen molar-refractivity contribution < 1.29 is 13.6 Å². The fraction of sp³-hybridized carbons (Fsp3) is 0.278. The monoisotopic (exact) mass is 357 g/mol. The third-order valence-corrected chi connectivity index (χ3v) is 4.58. The molecule has 3 rings (SSSR count). The zero-order valence-electron chi connectivity index (χ0n) is 14.5. The second-order valence-electron chi connectivity index (χ2n) is 5.87. The van der Waals surface area contributed by atoms with Gasteiger partial charge in [-0.15, -0.1) is 10.2 Å². The van der Waals surface area contributed by atoms with Crippen molar-refractivity contribution in [3.05, 3.63) is 46.9 Å². The molecule has 1 amide bonds. The Hall–Kier alpha value is -2.54. The van der Waals surface area contributed by atoms with Gasteiger partial charge in [0, 0.05) is 5.69 Å². The molecule has 1 N–H and O–H groups in total. The molecule has 1 aromatic carbocycles. The SMILES string of the molecule is Cc1cc(C)c(NC(=O)CSc2nnc(-c3ccoc3C)o2)c(C)c1. The van der Waals surface area contributed by atoms with Crippen LogP contribution >= 0.6 is 11.8 Å². The predicted molar refractivity (Wildman–Crippen MR) is 96.7 cm³/mol. The molecule has 0 bridgehead atoms. The summed E-state index contributed by atoms with van der Waals surface area (Å²) in [6, 6.07) is 5.87. The number of furan rings is 1. The minimum atomic E-state index is -0.112. The molecule has 7 heteroatoms. The second kappa shape index (κ2) is 7.14. The van der Waals surface area contributed by atoms with E-state index in [1.54, 1.807) is 12.3 Å². The third kappa shape index (κ3) is 3.93. The molecule has 2 aromatic heterocycles. The van der Waals surface area contributed by atoms with Gasteiger partial charge in [0.2, 0.25) is 5.91 Å². The summed E-state index contributed by atoms with van der Waals surface area (Å²) < 4.78 is 10.8. The molecule has 25 heavy (non-hydrogen) atoms. The molecule has 0 spiro atoms. The quantitative estimate of drug-likeness (QED) is 0.686. The van der Waals surface area contributed by atoms with Gasteiger partial charge in [-0.05, 0) is 44.9 Å². The number of amides is 1. The highest BCUT2D eigenvalue weighted by Gasteiger charge is 2.15. The van der Waals surface area contributed by atoms with E-state index in [-0.39, 0.29) is 11.7 Å². The molecule has 0 aliphatic rings. The molecule has 130 valence electrons. The summed E-state index contributed by atoms with van der Waals surface area (Å²) in [4.78, 5) is 12.2. The largest absolute Gasteiger partial charge is 0.469 e. The van der Waals surface area contributed by atoms with Crippen LogP contribution in [0.3, 0.4) is 0 Å². The van der Waals surface area contributed by atoms with Crippen LogP contribution in [0.2, 0.25) is 0 Å². The third-order valence-electron chi connectivity index (χ3n) is 3.76. The number of aromatic nitrogens is 2. The molecule has 0 aliphatic carbocycles.